The number of esters is 1. The number of carbonyl (C=O) groups is 2. The highest BCUT2D eigenvalue weighted by atomic mass is 32.2. The van der Waals surface area contributed by atoms with Crippen LogP contribution in [0.3, 0.4) is 0 Å². The molecular formula is C16H19NO7S. The summed E-state index contributed by atoms with van der Waals surface area (Å²) in [5.74, 6) is -0.146. The number of rotatable bonds is 5. The third kappa shape index (κ3) is 3.62. The van der Waals surface area contributed by atoms with Crippen molar-refractivity contribution in [2.24, 2.45) is 0 Å². The quantitative estimate of drug-likeness (QED) is 0.706. The molecule has 2 heterocycles. The molecule has 0 radical (unpaired) electrons. The fraction of sp³-hybridized carbons (Fsp3) is 0.500. The van der Waals surface area contributed by atoms with Crippen molar-refractivity contribution in [3.8, 4) is 11.5 Å². The van der Waals surface area contributed by atoms with E-state index >= 15 is 0 Å². The molecule has 0 saturated carbocycles. The summed E-state index contributed by atoms with van der Waals surface area (Å²) >= 11 is 0. The largest absolute Gasteiger partial charge is 0.486 e. The molecule has 1 atom stereocenters. The molecule has 1 aromatic rings. The summed E-state index contributed by atoms with van der Waals surface area (Å²) in [6, 6.07) is 3.46. The van der Waals surface area contributed by atoms with E-state index in [0.29, 0.717) is 37.6 Å². The van der Waals surface area contributed by atoms with Crippen LogP contribution in [0.25, 0.3) is 0 Å². The zero-order valence-electron chi connectivity index (χ0n) is 13.8. The summed E-state index contributed by atoms with van der Waals surface area (Å²) in [6.07, 6.45) is 0.907. The Balaban J connectivity index is 1.83. The summed E-state index contributed by atoms with van der Waals surface area (Å²) in [7, 11) is -3.89. The summed E-state index contributed by atoms with van der Waals surface area (Å²) in [4.78, 5) is 23.1. The smallest absolute Gasteiger partial charge is 0.324 e. The number of nitrogens with zero attached hydrogens (tertiary/aromatic N) is 1. The zero-order valence-corrected chi connectivity index (χ0v) is 14.6. The molecule has 0 bridgehead atoms. The molecule has 8 nitrogen and oxygen atoms in total. The topological polar surface area (TPSA) is 99.2 Å². The zero-order chi connectivity index (χ0) is 18.0. The molecule has 0 amide bonds. The number of ether oxygens (including phenoxy) is 3. The van der Waals surface area contributed by atoms with Gasteiger partial charge in [0, 0.05) is 12.6 Å². The first-order valence-electron chi connectivity index (χ1n) is 7.97. The molecule has 0 spiro atoms. The van der Waals surface area contributed by atoms with Crippen LogP contribution in [0.2, 0.25) is 0 Å². The lowest BCUT2D eigenvalue weighted by atomic mass is 10.2. The first-order valence-corrected chi connectivity index (χ1v) is 9.41. The SMILES string of the molecule is CC(=O)COC(=O)C1CCCN1S(=O)(=O)c1ccc2c(c1)OCCO2. The third-order valence-corrected chi connectivity index (χ3v) is 5.92. The van der Waals surface area contributed by atoms with E-state index in [1.54, 1.807) is 6.07 Å². The number of benzene rings is 1. The summed E-state index contributed by atoms with van der Waals surface area (Å²) in [5, 5.41) is 0. The van der Waals surface area contributed by atoms with Crippen LogP contribution in [0.15, 0.2) is 23.1 Å². The lowest BCUT2D eigenvalue weighted by Crippen LogP contribution is -2.41. The number of Topliss-reactive ketones (excluding diaryl/α,β-unsaturated/α-hetero) is 1. The van der Waals surface area contributed by atoms with Crippen LogP contribution in [0.1, 0.15) is 19.8 Å². The van der Waals surface area contributed by atoms with Crippen molar-refractivity contribution in [1.82, 2.24) is 4.31 Å². The van der Waals surface area contributed by atoms with Gasteiger partial charge in [-0.15, -0.1) is 0 Å². The van der Waals surface area contributed by atoms with Crippen LogP contribution < -0.4 is 9.47 Å². The standard InChI is InChI=1S/C16H19NO7S/c1-11(18)10-24-16(19)13-3-2-6-17(13)25(20,21)12-4-5-14-15(9-12)23-8-7-22-14/h4-5,9,13H,2-3,6-8,10H2,1H3. The van der Waals surface area contributed by atoms with Gasteiger partial charge in [-0.3, -0.25) is 9.59 Å². The van der Waals surface area contributed by atoms with Gasteiger partial charge in [0.2, 0.25) is 10.0 Å². The second-order valence-electron chi connectivity index (χ2n) is 5.89. The Kier molecular flexibility index (Phi) is 4.96. The first-order chi connectivity index (χ1) is 11.9. The normalized spacial score (nSPS) is 20.3. The predicted octanol–water partition coefficient (Wildman–Crippen LogP) is 0.743. The van der Waals surface area contributed by atoms with Crippen molar-refractivity contribution in [1.29, 1.82) is 0 Å². The molecule has 0 N–H and O–H groups in total. The fourth-order valence-electron chi connectivity index (χ4n) is 2.85. The van der Waals surface area contributed by atoms with Gasteiger partial charge < -0.3 is 14.2 Å². The molecule has 2 aliphatic heterocycles. The second-order valence-corrected chi connectivity index (χ2v) is 7.78. The molecule has 3 rings (SSSR count). The second kappa shape index (κ2) is 7.01. The van der Waals surface area contributed by atoms with Crippen LogP contribution in [0, 0.1) is 0 Å². The van der Waals surface area contributed by atoms with Crippen LogP contribution in [-0.2, 0) is 24.3 Å². The van der Waals surface area contributed by atoms with E-state index in [-0.39, 0.29) is 23.8 Å². The number of carbonyl (C=O) groups excluding carboxylic acids is 2. The minimum Gasteiger partial charge on any atom is -0.486 e. The van der Waals surface area contributed by atoms with Crippen molar-refractivity contribution in [3.63, 3.8) is 0 Å². The Hall–Kier alpha value is -2.13. The summed E-state index contributed by atoms with van der Waals surface area (Å²) < 4.78 is 42.7. The van der Waals surface area contributed by atoms with Gasteiger partial charge in [-0.25, -0.2) is 8.42 Å². The molecule has 1 fully saturated rings. The predicted molar refractivity (Wildman–Crippen MR) is 86.0 cm³/mol. The molecule has 0 aliphatic carbocycles. The Morgan fingerprint density at radius 1 is 1.24 bits per heavy atom. The number of ketones is 1. The average molecular weight is 369 g/mol. The lowest BCUT2D eigenvalue weighted by Gasteiger charge is -2.24. The van der Waals surface area contributed by atoms with Gasteiger partial charge >= 0.3 is 5.97 Å². The van der Waals surface area contributed by atoms with Gasteiger partial charge in [-0.1, -0.05) is 0 Å². The van der Waals surface area contributed by atoms with E-state index < -0.39 is 22.0 Å². The number of hydrogen-bond acceptors (Lipinski definition) is 7. The van der Waals surface area contributed by atoms with E-state index in [9.17, 15) is 18.0 Å². The van der Waals surface area contributed by atoms with Gasteiger partial charge in [-0.05, 0) is 31.9 Å². The van der Waals surface area contributed by atoms with Crippen LogP contribution in [0.4, 0.5) is 0 Å². The highest BCUT2D eigenvalue weighted by Crippen LogP contribution is 2.34. The molecule has 136 valence electrons. The van der Waals surface area contributed by atoms with Gasteiger partial charge in [0.25, 0.3) is 0 Å². The minimum atomic E-state index is -3.89. The molecule has 0 aromatic heterocycles. The Labute approximate surface area is 145 Å². The monoisotopic (exact) mass is 369 g/mol. The highest BCUT2D eigenvalue weighted by molar-refractivity contribution is 7.89. The summed E-state index contributed by atoms with van der Waals surface area (Å²) in [5.41, 5.74) is 0. The van der Waals surface area contributed by atoms with E-state index in [1.165, 1.54) is 19.1 Å². The van der Waals surface area contributed by atoms with E-state index in [0.717, 1.165) is 4.31 Å². The Morgan fingerprint density at radius 3 is 2.68 bits per heavy atom. The lowest BCUT2D eigenvalue weighted by molar-refractivity contribution is -0.150. The van der Waals surface area contributed by atoms with Gasteiger partial charge in [0.15, 0.2) is 17.3 Å². The Bertz CT molecular complexity index is 790. The molecule has 9 heteroatoms. The molecule has 1 saturated heterocycles. The maximum absolute atomic E-state index is 12.9. The molecule has 1 aromatic carbocycles. The van der Waals surface area contributed by atoms with Gasteiger partial charge in [0.1, 0.15) is 25.9 Å². The minimum absolute atomic E-state index is 0.0306. The number of hydrogen-bond donors (Lipinski definition) is 0. The average Bonchev–Trinajstić information content (AvgIpc) is 3.10. The van der Waals surface area contributed by atoms with Crippen molar-refractivity contribution in [2.75, 3.05) is 26.4 Å². The molecule has 25 heavy (non-hydrogen) atoms. The first kappa shape index (κ1) is 17.7. The molecular weight excluding hydrogens is 350 g/mol. The van der Waals surface area contributed by atoms with Gasteiger partial charge in [-0.2, -0.15) is 4.31 Å². The maximum Gasteiger partial charge on any atom is 0.324 e. The maximum atomic E-state index is 12.9. The van der Waals surface area contributed by atoms with Crippen LogP contribution >= 0.6 is 0 Å². The van der Waals surface area contributed by atoms with E-state index in [2.05, 4.69) is 0 Å². The van der Waals surface area contributed by atoms with Crippen LogP contribution in [0.5, 0.6) is 11.5 Å². The van der Waals surface area contributed by atoms with Crippen molar-refractivity contribution >= 4 is 21.8 Å². The van der Waals surface area contributed by atoms with Crippen LogP contribution in [-0.4, -0.2) is 56.9 Å². The third-order valence-electron chi connectivity index (χ3n) is 4.01. The van der Waals surface area contributed by atoms with Crippen molar-refractivity contribution in [2.45, 2.75) is 30.7 Å². The highest BCUT2D eigenvalue weighted by Gasteiger charge is 2.40. The van der Waals surface area contributed by atoms with Crippen molar-refractivity contribution < 1.29 is 32.2 Å². The molecule has 1 unspecified atom stereocenters. The van der Waals surface area contributed by atoms with E-state index in [1.807, 2.05) is 0 Å². The fourth-order valence-corrected chi connectivity index (χ4v) is 4.51. The van der Waals surface area contributed by atoms with Crippen molar-refractivity contribution in [3.05, 3.63) is 18.2 Å². The molecule has 2 aliphatic rings. The van der Waals surface area contributed by atoms with Gasteiger partial charge in [0.05, 0.1) is 4.90 Å². The number of sulfonamides is 1. The number of fused-ring (bicyclic) bond motifs is 1. The Morgan fingerprint density at radius 2 is 1.96 bits per heavy atom. The summed E-state index contributed by atoms with van der Waals surface area (Å²) in [6.45, 7) is 1.92. The van der Waals surface area contributed by atoms with E-state index in [4.69, 9.17) is 14.2 Å².